The molecule has 2 rings (SSSR count). The lowest BCUT2D eigenvalue weighted by Gasteiger charge is -2.08. The van der Waals surface area contributed by atoms with Crippen molar-refractivity contribution in [2.75, 3.05) is 7.11 Å². The summed E-state index contributed by atoms with van der Waals surface area (Å²) in [6, 6.07) is 9.88. The Hall–Kier alpha value is -2.20. The van der Waals surface area contributed by atoms with Crippen LogP contribution in [0.1, 0.15) is 10.4 Å². The number of carbonyl (C=O) groups is 1. The zero-order chi connectivity index (χ0) is 14.0. The fourth-order valence-corrected chi connectivity index (χ4v) is 1.96. The number of primary amides is 1. The van der Waals surface area contributed by atoms with Crippen molar-refractivity contribution in [2.24, 2.45) is 5.73 Å². The molecule has 3 N–H and O–H groups in total. The molecule has 0 atom stereocenters. The Kier molecular flexibility index (Phi) is 3.62. The van der Waals surface area contributed by atoms with E-state index >= 15 is 0 Å². The van der Waals surface area contributed by atoms with E-state index in [1.165, 1.54) is 13.2 Å². The predicted molar refractivity (Wildman–Crippen MR) is 73.6 cm³/mol. The topological polar surface area (TPSA) is 72.5 Å². The van der Waals surface area contributed by atoms with Gasteiger partial charge in [0.2, 0.25) is 5.91 Å². The maximum atomic E-state index is 11.3. The van der Waals surface area contributed by atoms with E-state index in [0.717, 1.165) is 11.1 Å². The largest absolute Gasteiger partial charge is 0.504 e. The first-order valence-electron chi connectivity index (χ1n) is 5.49. The summed E-state index contributed by atoms with van der Waals surface area (Å²) in [7, 11) is 1.47. The van der Waals surface area contributed by atoms with Crippen LogP contribution in [0.4, 0.5) is 0 Å². The van der Waals surface area contributed by atoms with Crippen LogP contribution in [0.2, 0.25) is 5.02 Å². The van der Waals surface area contributed by atoms with Crippen LogP contribution in [0.25, 0.3) is 11.1 Å². The maximum Gasteiger partial charge on any atom is 0.250 e. The Morgan fingerprint density at radius 3 is 2.47 bits per heavy atom. The van der Waals surface area contributed by atoms with Gasteiger partial charge in [0.25, 0.3) is 0 Å². The van der Waals surface area contributed by atoms with Crippen molar-refractivity contribution in [2.45, 2.75) is 0 Å². The Morgan fingerprint density at radius 1 is 1.21 bits per heavy atom. The fourth-order valence-electron chi connectivity index (χ4n) is 1.75. The van der Waals surface area contributed by atoms with Crippen molar-refractivity contribution in [1.82, 2.24) is 0 Å². The quantitative estimate of drug-likeness (QED) is 0.906. The van der Waals surface area contributed by atoms with E-state index in [-0.39, 0.29) is 11.3 Å². The number of benzene rings is 2. The zero-order valence-corrected chi connectivity index (χ0v) is 10.9. The standard InChI is InChI=1S/C14H12ClNO3/c1-19-13-7-9(3-5-12(13)17)8-2-4-11(15)10(6-8)14(16)18/h2-7,17H,1H3,(H2,16,18). The van der Waals surface area contributed by atoms with E-state index in [0.29, 0.717) is 10.8 Å². The van der Waals surface area contributed by atoms with Gasteiger partial charge in [-0.1, -0.05) is 23.7 Å². The molecule has 0 aliphatic heterocycles. The summed E-state index contributed by atoms with van der Waals surface area (Å²) in [5.74, 6) is -0.180. The van der Waals surface area contributed by atoms with E-state index in [9.17, 15) is 9.90 Å². The highest BCUT2D eigenvalue weighted by atomic mass is 35.5. The SMILES string of the molecule is COc1cc(-c2ccc(Cl)c(C(N)=O)c2)ccc1O. The third-order valence-electron chi connectivity index (χ3n) is 2.74. The van der Waals surface area contributed by atoms with Crippen LogP contribution >= 0.6 is 11.6 Å². The second-order valence-electron chi connectivity index (χ2n) is 3.95. The molecule has 0 aromatic heterocycles. The minimum absolute atomic E-state index is 0.0512. The van der Waals surface area contributed by atoms with Crippen LogP contribution in [-0.4, -0.2) is 18.1 Å². The van der Waals surface area contributed by atoms with Crippen LogP contribution in [0.15, 0.2) is 36.4 Å². The van der Waals surface area contributed by atoms with Gasteiger partial charge in [-0.3, -0.25) is 4.79 Å². The Bertz CT molecular complexity index is 641. The predicted octanol–water partition coefficient (Wildman–Crippen LogP) is 2.82. The molecule has 98 valence electrons. The molecule has 0 heterocycles. The van der Waals surface area contributed by atoms with Crippen LogP contribution in [-0.2, 0) is 0 Å². The van der Waals surface area contributed by atoms with E-state index in [1.54, 1.807) is 30.3 Å². The summed E-state index contributed by atoms with van der Waals surface area (Å²) < 4.78 is 5.04. The van der Waals surface area contributed by atoms with E-state index in [1.807, 2.05) is 0 Å². The molecule has 0 aliphatic carbocycles. The Labute approximate surface area is 115 Å². The third-order valence-corrected chi connectivity index (χ3v) is 3.07. The number of hydrogen-bond donors (Lipinski definition) is 2. The minimum Gasteiger partial charge on any atom is -0.504 e. The molecule has 0 saturated heterocycles. The molecule has 4 nitrogen and oxygen atoms in total. The molecule has 0 saturated carbocycles. The first kappa shape index (κ1) is 13.2. The average molecular weight is 278 g/mol. The van der Waals surface area contributed by atoms with Crippen LogP contribution in [0, 0.1) is 0 Å². The number of aromatic hydroxyl groups is 1. The molecule has 0 radical (unpaired) electrons. The average Bonchev–Trinajstić information content (AvgIpc) is 2.39. The fraction of sp³-hybridized carbons (Fsp3) is 0.0714. The van der Waals surface area contributed by atoms with Crippen molar-refractivity contribution in [3.05, 3.63) is 47.0 Å². The van der Waals surface area contributed by atoms with Crippen LogP contribution < -0.4 is 10.5 Å². The molecule has 2 aromatic rings. The molecule has 2 aromatic carbocycles. The first-order valence-corrected chi connectivity index (χ1v) is 5.87. The lowest BCUT2D eigenvalue weighted by atomic mass is 10.0. The highest BCUT2D eigenvalue weighted by Gasteiger charge is 2.10. The van der Waals surface area contributed by atoms with E-state index in [2.05, 4.69) is 0 Å². The number of carbonyl (C=O) groups excluding carboxylic acids is 1. The van der Waals surface area contributed by atoms with Gasteiger partial charge in [-0.15, -0.1) is 0 Å². The Balaban J connectivity index is 2.53. The number of amides is 1. The van der Waals surface area contributed by atoms with Crippen molar-refractivity contribution >= 4 is 17.5 Å². The van der Waals surface area contributed by atoms with Gasteiger partial charge in [0.1, 0.15) is 0 Å². The highest BCUT2D eigenvalue weighted by molar-refractivity contribution is 6.33. The van der Waals surface area contributed by atoms with Gasteiger partial charge in [0, 0.05) is 0 Å². The third kappa shape index (κ3) is 2.63. The summed E-state index contributed by atoms with van der Waals surface area (Å²) in [6.45, 7) is 0. The van der Waals surface area contributed by atoms with Gasteiger partial charge >= 0.3 is 0 Å². The van der Waals surface area contributed by atoms with Crippen LogP contribution in [0.3, 0.4) is 0 Å². The van der Waals surface area contributed by atoms with Gasteiger partial charge in [0.15, 0.2) is 11.5 Å². The van der Waals surface area contributed by atoms with Crippen molar-refractivity contribution < 1.29 is 14.6 Å². The summed E-state index contributed by atoms with van der Waals surface area (Å²) in [5, 5.41) is 9.86. The number of phenolic OH excluding ortho intramolecular Hbond substituents is 1. The highest BCUT2D eigenvalue weighted by Crippen LogP contribution is 2.32. The number of halogens is 1. The number of ether oxygens (including phenoxy) is 1. The number of hydrogen-bond acceptors (Lipinski definition) is 3. The number of methoxy groups -OCH3 is 1. The lowest BCUT2D eigenvalue weighted by molar-refractivity contribution is 0.100. The molecular weight excluding hydrogens is 266 g/mol. The molecule has 19 heavy (non-hydrogen) atoms. The monoisotopic (exact) mass is 277 g/mol. The molecule has 5 heteroatoms. The molecule has 0 spiro atoms. The molecule has 0 fully saturated rings. The summed E-state index contributed by atoms with van der Waals surface area (Å²) >= 11 is 5.90. The van der Waals surface area contributed by atoms with Gasteiger partial charge in [0.05, 0.1) is 17.7 Å². The second-order valence-corrected chi connectivity index (χ2v) is 4.35. The molecule has 0 bridgehead atoms. The van der Waals surface area contributed by atoms with E-state index in [4.69, 9.17) is 22.1 Å². The molecular formula is C14H12ClNO3. The number of rotatable bonds is 3. The number of phenols is 1. The summed E-state index contributed by atoms with van der Waals surface area (Å²) in [5.41, 5.74) is 7.06. The van der Waals surface area contributed by atoms with Gasteiger partial charge in [-0.25, -0.2) is 0 Å². The van der Waals surface area contributed by atoms with Crippen molar-refractivity contribution in [1.29, 1.82) is 0 Å². The minimum atomic E-state index is -0.586. The summed E-state index contributed by atoms with van der Waals surface area (Å²) in [6.07, 6.45) is 0. The smallest absolute Gasteiger partial charge is 0.250 e. The Morgan fingerprint density at radius 2 is 1.84 bits per heavy atom. The molecule has 1 amide bonds. The lowest BCUT2D eigenvalue weighted by Crippen LogP contribution is -2.11. The number of nitrogens with two attached hydrogens (primary N) is 1. The van der Waals surface area contributed by atoms with Crippen molar-refractivity contribution in [3.63, 3.8) is 0 Å². The van der Waals surface area contributed by atoms with Gasteiger partial charge in [-0.05, 0) is 35.4 Å². The summed E-state index contributed by atoms with van der Waals surface area (Å²) in [4.78, 5) is 11.3. The van der Waals surface area contributed by atoms with Gasteiger partial charge < -0.3 is 15.6 Å². The zero-order valence-electron chi connectivity index (χ0n) is 10.2. The normalized spacial score (nSPS) is 10.2. The maximum absolute atomic E-state index is 11.3. The van der Waals surface area contributed by atoms with E-state index < -0.39 is 5.91 Å². The molecule has 0 aliphatic rings. The second kappa shape index (κ2) is 5.20. The van der Waals surface area contributed by atoms with Gasteiger partial charge in [-0.2, -0.15) is 0 Å². The van der Waals surface area contributed by atoms with Crippen molar-refractivity contribution in [3.8, 4) is 22.6 Å². The molecule has 0 unspecified atom stereocenters. The van der Waals surface area contributed by atoms with Crippen LogP contribution in [0.5, 0.6) is 11.5 Å². The first-order chi connectivity index (χ1) is 9.02.